The molecule has 1 aromatic carbocycles. The number of aliphatic hydroxyl groups is 1. The van der Waals surface area contributed by atoms with Crippen molar-refractivity contribution >= 4 is 0 Å². The number of hydrogen-bond acceptors (Lipinski definition) is 3. The highest BCUT2D eigenvalue weighted by atomic mass is 16.6. The first kappa shape index (κ1) is 14.5. The molecule has 1 fully saturated rings. The summed E-state index contributed by atoms with van der Waals surface area (Å²) in [6, 6.07) is 10.1. The van der Waals surface area contributed by atoms with Crippen molar-refractivity contribution in [3.63, 3.8) is 0 Å². The molecule has 0 radical (unpaired) electrons. The Bertz CT molecular complexity index is 379. The van der Waals surface area contributed by atoms with Crippen LogP contribution in [0.3, 0.4) is 0 Å². The van der Waals surface area contributed by atoms with Crippen molar-refractivity contribution in [2.45, 2.75) is 57.5 Å². The number of unbranched alkanes of at least 4 members (excludes halogenated alkanes) is 1. The Morgan fingerprint density at radius 2 is 2.11 bits per heavy atom. The predicted octanol–water partition coefficient (Wildman–Crippen LogP) is 2.91. The monoisotopic (exact) mass is 264 g/mol. The Morgan fingerprint density at radius 1 is 1.37 bits per heavy atom. The summed E-state index contributed by atoms with van der Waals surface area (Å²) in [6.45, 7) is 5.25. The molecule has 106 valence electrons. The van der Waals surface area contributed by atoms with Gasteiger partial charge in [0.05, 0.1) is 19.3 Å². The molecule has 1 N–H and O–H groups in total. The van der Waals surface area contributed by atoms with Gasteiger partial charge in [0.1, 0.15) is 11.7 Å². The Morgan fingerprint density at radius 3 is 2.79 bits per heavy atom. The van der Waals surface area contributed by atoms with Gasteiger partial charge in [0.2, 0.25) is 0 Å². The molecule has 0 unspecified atom stereocenters. The highest BCUT2D eigenvalue weighted by molar-refractivity contribution is 5.13. The molecule has 1 aliphatic heterocycles. The van der Waals surface area contributed by atoms with Gasteiger partial charge in [-0.1, -0.05) is 50.1 Å². The van der Waals surface area contributed by atoms with Gasteiger partial charge in [-0.3, -0.25) is 0 Å². The van der Waals surface area contributed by atoms with Crippen molar-refractivity contribution in [2.24, 2.45) is 0 Å². The lowest BCUT2D eigenvalue weighted by atomic mass is 9.96. The van der Waals surface area contributed by atoms with E-state index in [0.29, 0.717) is 13.2 Å². The van der Waals surface area contributed by atoms with E-state index in [4.69, 9.17) is 9.47 Å². The van der Waals surface area contributed by atoms with E-state index in [1.165, 1.54) is 0 Å². The molecular formula is C16H24O3. The van der Waals surface area contributed by atoms with Gasteiger partial charge in [-0.05, 0) is 18.9 Å². The summed E-state index contributed by atoms with van der Waals surface area (Å²) >= 11 is 0. The standard InChI is InChI=1S/C16H24O3/c1-3-4-10-14(17)16(2)15(19-16)12-18-11-13-8-6-5-7-9-13/h5-9,14-15,17H,3-4,10-12H2,1-2H3/t14-,15+,16+/m1/s1. The molecule has 0 bridgehead atoms. The van der Waals surface area contributed by atoms with Gasteiger partial charge in [0, 0.05) is 0 Å². The molecule has 0 spiro atoms. The zero-order chi connectivity index (χ0) is 13.7. The second-order valence-corrected chi connectivity index (χ2v) is 5.45. The largest absolute Gasteiger partial charge is 0.390 e. The minimum Gasteiger partial charge on any atom is -0.390 e. The first-order valence-corrected chi connectivity index (χ1v) is 7.14. The lowest BCUT2D eigenvalue weighted by molar-refractivity contribution is 0.0756. The highest BCUT2D eigenvalue weighted by Gasteiger charge is 2.56. The van der Waals surface area contributed by atoms with E-state index in [-0.39, 0.29) is 12.2 Å². The molecule has 1 heterocycles. The second-order valence-electron chi connectivity index (χ2n) is 5.45. The van der Waals surface area contributed by atoms with Gasteiger partial charge in [0.25, 0.3) is 0 Å². The number of benzene rings is 1. The van der Waals surface area contributed by atoms with Gasteiger partial charge < -0.3 is 14.6 Å². The van der Waals surface area contributed by atoms with Crippen LogP contribution in [0.2, 0.25) is 0 Å². The third-order valence-electron chi connectivity index (χ3n) is 3.85. The average Bonchev–Trinajstić information content (AvgIpc) is 3.09. The molecule has 0 aliphatic carbocycles. The van der Waals surface area contributed by atoms with Crippen molar-refractivity contribution in [3.05, 3.63) is 35.9 Å². The van der Waals surface area contributed by atoms with E-state index in [9.17, 15) is 5.11 Å². The van der Waals surface area contributed by atoms with Gasteiger partial charge in [-0.15, -0.1) is 0 Å². The van der Waals surface area contributed by atoms with Crippen LogP contribution in [0.25, 0.3) is 0 Å². The maximum Gasteiger partial charge on any atom is 0.120 e. The van der Waals surface area contributed by atoms with Crippen molar-refractivity contribution in [1.29, 1.82) is 0 Å². The average molecular weight is 264 g/mol. The smallest absolute Gasteiger partial charge is 0.120 e. The Balaban J connectivity index is 1.68. The Hall–Kier alpha value is -0.900. The van der Waals surface area contributed by atoms with Crippen molar-refractivity contribution in [1.82, 2.24) is 0 Å². The van der Waals surface area contributed by atoms with E-state index in [1.54, 1.807) is 0 Å². The van der Waals surface area contributed by atoms with Gasteiger partial charge in [-0.25, -0.2) is 0 Å². The predicted molar refractivity (Wildman–Crippen MR) is 74.9 cm³/mol. The van der Waals surface area contributed by atoms with Crippen molar-refractivity contribution < 1.29 is 14.6 Å². The maximum atomic E-state index is 10.1. The lowest BCUT2D eigenvalue weighted by Crippen LogP contribution is -2.30. The van der Waals surface area contributed by atoms with Crippen LogP contribution in [0.15, 0.2) is 30.3 Å². The summed E-state index contributed by atoms with van der Waals surface area (Å²) in [4.78, 5) is 0. The highest BCUT2D eigenvalue weighted by Crippen LogP contribution is 2.41. The summed E-state index contributed by atoms with van der Waals surface area (Å²) < 4.78 is 11.3. The molecule has 3 nitrogen and oxygen atoms in total. The molecule has 1 saturated heterocycles. The van der Waals surface area contributed by atoms with Crippen LogP contribution in [0.1, 0.15) is 38.7 Å². The minimum absolute atomic E-state index is 0.0306. The van der Waals surface area contributed by atoms with E-state index in [0.717, 1.165) is 24.8 Å². The zero-order valence-corrected chi connectivity index (χ0v) is 11.8. The quantitative estimate of drug-likeness (QED) is 0.734. The first-order chi connectivity index (χ1) is 9.16. The molecule has 0 aromatic heterocycles. The number of hydrogen-bond donors (Lipinski definition) is 1. The number of ether oxygens (including phenoxy) is 2. The number of aliphatic hydroxyl groups excluding tert-OH is 1. The van der Waals surface area contributed by atoms with Crippen molar-refractivity contribution in [3.8, 4) is 0 Å². The normalized spacial score (nSPS) is 27.2. The second kappa shape index (κ2) is 6.51. The molecule has 0 amide bonds. The topological polar surface area (TPSA) is 42.0 Å². The number of rotatable bonds is 8. The van der Waals surface area contributed by atoms with E-state index in [2.05, 4.69) is 6.92 Å². The molecule has 1 aliphatic rings. The zero-order valence-electron chi connectivity index (χ0n) is 11.8. The van der Waals surface area contributed by atoms with Crippen LogP contribution < -0.4 is 0 Å². The third-order valence-corrected chi connectivity index (χ3v) is 3.85. The summed E-state index contributed by atoms with van der Waals surface area (Å²) in [5.41, 5.74) is 0.766. The van der Waals surface area contributed by atoms with Crippen LogP contribution in [-0.4, -0.2) is 29.5 Å². The van der Waals surface area contributed by atoms with Crippen LogP contribution in [0.4, 0.5) is 0 Å². The molecule has 19 heavy (non-hydrogen) atoms. The summed E-state index contributed by atoms with van der Waals surface area (Å²) in [5.74, 6) is 0. The summed E-state index contributed by atoms with van der Waals surface area (Å²) in [7, 11) is 0. The molecule has 0 saturated carbocycles. The van der Waals surface area contributed by atoms with Crippen LogP contribution >= 0.6 is 0 Å². The van der Waals surface area contributed by atoms with E-state index < -0.39 is 5.60 Å². The molecular weight excluding hydrogens is 240 g/mol. The Labute approximate surface area is 115 Å². The lowest BCUT2D eigenvalue weighted by Gasteiger charge is -2.15. The number of epoxide rings is 1. The maximum absolute atomic E-state index is 10.1. The fourth-order valence-electron chi connectivity index (χ4n) is 2.31. The first-order valence-electron chi connectivity index (χ1n) is 7.14. The van der Waals surface area contributed by atoms with Crippen LogP contribution in [-0.2, 0) is 16.1 Å². The van der Waals surface area contributed by atoms with E-state index >= 15 is 0 Å². The minimum atomic E-state index is -0.397. The van der Waals surface area contributed by atoms with Gasteiger partial charge in [-0.2, -0.15) is 0 Å². The Kier molecular flexibility index (Phi) is 4.97. The van der Waals surface area contributed by atoms with Gasteiger partial charge in [0.15, 0.2) is 0 Å². The molecule has 1 aromatic rings. The van der Waals surface area contributed by atoms with Crippen LogP contribution in [0, 0.1) is 0 Å². The van der Waals surface area contributed by atoms with Crippen LogP contribution in [0.5, 0.6) is 0 Å². The summed E-state index contributed by atoms with van der Waals surface area (Å²) in [6.07, 6.45) is 2.60. The van der Waals surface area contributed by atoms with Gasteiger partial charge >= 0.3 is 0 Å². The molecule has 2 rings (SSSR count). The third kappa shape index (κ3) is 3.78. The van der Waals surface area contributed by atoms with Crippen molar-refractivity contribution in [2.75, 3.05) is 6.61 Å². The molecule has 3 heteroatoms. The fourth-order valence-corrected chi connectivity index (χ4v) is 2.31. The van der Waals surface area contributed by atoms with E-state index in [1.807, 2.05) is 37.3 Å². The SMILES string of the molecule is CCCC[C@@H](O)[C@]1(C)O[C@H]1COCc1ccccc1. The fraction of sp³-hybridized carbons (Fsp3) is 0.625. The summed E-state index contributed by atoms with van der Waals surface area (Å²) in [5, 5.41) is 10.1. The molecule has 3 atom stereocenters.